The number of fused-ring (bicyclic) bond motifs is 1. The molecule has 1 heterocycles. The number of hydrogen-bond donors (Lipinski definition) is 1. The fourth-order valence-electron chi connectivity index (χ4n) is 3.49. The molecule has 0 aromatic heterocycles. The Morgan fingerprint density at radius 3 is 3.05 bits per heavy atom. The first-order chi connectivity index (χ1) is 9.29. The van der Waals surface area contributed by atoms with Crippen LogP contribution < -0.4 is 10.2 Å². The summed E-state index contributed by atoms with van der Waals surface area (Å²) in [5, 5.41) is 3.23. The second kappa shape index (κ2) is 5.51. The number of nitrogens with zero attached hydrogens (tertiary/aromatic N) is 1. The third-order valence-corrected chi connectivity index (χ3v) is 4.51. The molecule has 3 heteroatoms. The standard InChI is InChI=1S/C16H24N2O/c1-12-10-14(7-6-13(12)11-17-2)18-8-9-19-16-5-3-4-15(16)18/h6-7,10,15-17H,3-5,8-9,11H2,1-2H3. The average Bonchev–Trinajstić information content (AvgIpc) is 2.89. The van der Waals surface area contributed by atoms with Crippen molar-refractivity contribution in [3.8, 4) is 0 Å². The highest BCUT2D eigenvalue weighted by Crippen LogP contribution is 2.33. The van der Waals surface area contributed by atoms with E-state index in [9.17, 15) is 0 Å². The highest BCUT2D eigenvalue weighted by atomic mass is 16.5. The lowest BCUT2D eigenvalue weighted by molar-refractivity contribution is 0.0256. The molecule has 1 N–H and O–H groups in total. The number of ether oxygens (including phenoxy) is 1. The molecule has 0 spiro atoms. The molecule has 104 valence electrons. The van der Waals surface area contributed by atoms with Gasteiger partial charge < -0.3 is 15.0 Å². The van der Waals surface area contributed by atoms with Crippen molar-refractivity contribution in [2.24, 2.45) is 0 Å². The normalized spacial score (nSPS) is 26.5. The minimum Gasteiger partial charge on any atom is -0.374 e. The van der Waals surface area contributed by atoms with E-state index < -0.39 is 0 Å². The van der Waals surface area contributed by atoms with Crippen LogP contribution in [-0.2, 0) is 11.3 Å². The van der Waals surface area contributed by atoms with Crippen LogP contribution in [0.2, 0.25) is 0 Å². The first-order valence-electron chi connectivity index (χ1n) is 7.42. The molecule has 0 bridgehead atoms. The van der Waals surface area contributed by atoms with Crippen LogP contribution in [0.15, 0.2) is 18.2 Å². The zero-order chi connectivity index (χ0) is 13.2. The Labute approximate surface area is 115 Å². The van der Waals surface area contributed by atoms with Gasteiger partial charge in [-0.2, -0.15) is 0 Å². The fourth-order valence-corrected chi connectivity index (χ4v) is 3.49. The van der Waals surface area contributed by atoms with Gasteiger partial charge in [0.1, 0.15) is 0 Å². The summed E-state index contributed by atoms with van der Waals surface area (Å²) in [7, 11) is 2.00. The van der Waals surface area contributed by atoms with E-state index in [0.29, 0.717) is 12.1 Å². The molecule has 2 aliphatic rings. The van der Waals surface area contributed by atoms with Gasteiger partial charge in [-0.25, -0.2) is 0 Å². The highest BCUT2D eigenvalue weighted by molar-refractivity contribution is 5.52. The zero-order valence-corrected chi connectivity index (χ0v) is 12.0. The topological polar surface area (TPSA) is 24.5 Å². The second-order valence-electron chi connectivity index (χ2n) is 5.74. The summed E-state index contributed by atoms with van der Waals surface area (Å²) in [4.78, 5) is 2.57. The van der Waals surface area contributed by atoms with E-state index in [4.69, 9.17) is 4.74 Å². The van der Waals surface area contributed by atoms with Crippen LogP contribution >= 0.6 is 0 Å². The van der Waals surface area contributed by atoms with E-state index in [1.807, 2.05) is 7.05 Å². The molecule has 1 aromatic carbocycles. The Morgan fingerprint density at radius 2 is 2.26 bits per heavy atom. The van der Waals surface area contributed by atoms with Crippen LogP contribution in [0.5, 0.6) is 0 Å². The fraction of sp³-hybridized carbons (Fsp3) is 0.625. The van der Waals surface area contributed by atoms with Gasteiger partial charge in [-0.1, -0.05) is 6.07 Å². The van der Waals surface area contributed by atoms with E-state index in [-0.39, 0.29) is 0 Å². The molecule has 0 amide bonds. The van der Waals surface area contributed by atoms with Crippen molar-refractivity contribution in [2.45, 2.75) is 44.9 Å². The Balaban J connectivity index is 1.83. The van der Waals surface area contributed by atoms with Crippen molar-refractivity contribution >= 4 is 5.69 Å². The monoisotopic (exact) mass is 260 g/mol. The van der Waals surface area contributed by atoms with Crippen molar-refractivity contribution < 1.29 is 4.74 Å². The van der Waals surface area contributed by atoms with Crippen LogP contribution in [0.1, 0.15) is 30.4 Å². The minimum absolute atomic E-state index is 0.464. The Kier molecular flexibility index (Phi) is 3.76. The van der Waals surface area contributed by atoms with E-state index >= 15 is 0 Å². The van der Waals surface area contributed by atoms with Crippen molar-refractivity contribution in [1.82, 2.24) is 5.32 Å². The van der Waals surface area contributed by atoms with Gasteiger partial charge in [-0.15, -0.1) is 0 Å². The largest absolute Gasteiger partial charge is 0.374 e. The number of morpholine rings is 1. The summed E-state index contributed by atoms with van der Waals surface area (Å²) in [6.45, 7) is 5.06. The van der Waals surface area contributed by atoms with E-state index in [0.717, 1.165) is 19.7 Å². The van der Waals surface area contributed by atoms with Gasteiger partial charge in [0.05, 0.1) is 18.8 Å². The number of nitrogens with one attached hydrogen (secondary N) is 1. The zero-order valence-electron chi connectivity index (χ0n) is 12.0. The van der Waals surface area contributed by atoms with Crippen LogP contribution in [-0.4, -0.2) is 32.3 Å². The summed E-state index contributed by atoms with van der Waals surface area (Å²) in [6, 6.07) is 7.48. The molecule has 2 fully saturated rings. The predicted molar refractivity (Wildman–Crippen MR) is 78.7 cm³/mol. The van der Waals surface area contributed by atoms with Gasteiger partial charge in [0.2, 0.25) is 0 Å². The van der Waals surface area contributed by atoms with Gasteiger partial charge in [-0.3, -0.25) is 0 Å². The molecule has 19 heavy (non-hydrogen) atoms. The van der Waals surface area contributed by atoms with Crippen LogP contribution in [0.3, 0.4) is 0 Å². The summed E-state index contributed by atoms with van der Waals surface area (Å²) in [6.07, 6.45) is 4.29. The number of rotatable bonds is 3. The molecule has 1 aromatic rings. The van der Waals surface area contributed by atoms with Gasteiger partial charge in [0.15, 0.2) is 0 Å². The maximum Gasteiger partial charge on any atom is 0.0779 e. The lowest BCUT2D eigenvalue weighted by Gasteiger charge is -2.39. The summed E-state index contributed by atoms with van der Waals surface area (Å²) < 4.78 is 5.89. The third kappa shape index (κ3) is 2.49. The first kappa shape index (κ1) is 12.9. The molecule has 3 nitrogen and oxygen atoms in total. The third-order valence-electron chi connectivity index (χ3n) is 4.51. The van der Waals surface area contributed by atoms with Crippen LogP contribution in [0.25, 0.3) is 0 Å². The molecule has 1 aliphatic heterocycles. The first-order valence-corrected chi connectivity index (χ1v) is 7.42. The van der Waals surface area contributed by atoms with Gasteiger partial charge in [0.25, 0.3) is 0 Å². The number of aryl methyl sites for hydroxylation is 1. The Morgan fingerprint density at radius 1 is 1.37 bits per heavy atom. The molecule has 2 unspecified atom stereocenters. The maximum absolute atomic E-state index is 5.89. The molecule has 1 aliphatic carbocycles. The quantitative estimate of drug-likeness (QED) is 0.903. The lowest BCUT2D eigenvalue weighted by atomic mass is 10.0. The summed E-state index contributed by atoms with van der Waals surface area (Å²) in [5.41, 5.74) is 4.15. The second-order valence-corrected chi connectivity index (χ2v) is 5.74. The smallest absolute Gasteiger partial charge is 0.0779 e. The van der Waals surface area contributed by atoms with E-state index in [1.54, 1.807) is 0 Å². The maximum atomic E-state index is 5.89. The highest BCUT2D eigenvalue weighted by Gasteiger charge is 2.36. The molecule has 2 atom stereocenters. The minimum atomic E-state index is 0.464. The number of benzene rings is 1. The molecule has 0 radical (unpaired) electrons. The SMILES string of the molecule is CNCc1ccc(N2CCOC3CCCC32)cc1C. The number of hydrogen-bond acceptors (Lipinski definition) is 3. The van der Waals surface area contributed by atoms with Gasteiger partial charge >= 0.3 is 0 Å². The van der Waals surface area contributed by atoms with Crippen molar-refractivity contribution in [3.05, 3.63) is 29.3 Å². The predicted octanol–water partition coefficient (Wildman–Crippen LogP) is 2.47. The molecule has 1 saturated carbocycles. The van der Waals surface area contributed by atoms with Crippen molar-refractivity contribution in [1.29, 1.82) is 0 Å². The number of anilines is 1. The Hall–Kier alpha value is -1.06. The summed E-state index contributed by atoms with van der Waals surface area (Å²) >= 11 is 0. The van der Waals surface area contributed by atoms with Crippen LogP contribution in [0.4, 0.5) is 5.69 Å². The van der Waals surface area contributed by atoms with Crippen LogP contribution in [0, 0.1) is 6.92 Å². The van der Waals surface area contributed by atoms with Crippen molar-refractivity contribution in [3.63, 3.8) is 0 Å². The molecular weight excluding hydrogens is 236 g/mol. The van der Waals surface area contributed by atoms with Crippen molar-refractivity contribution in [2.75, 3.05) is 25.1 Å². The average molecular weight is 260 g/mol. The molecule has 3 rings (SSSR count). The summed E-state index contributed by atoms with van der Waals surface area (Å²) in [5.74, 6) is 0. The molecule has 1 saturated heterocycles. The molecular formula is C16H24N2O. The van der Waals surface area contributed by atoms with E-state index in [2.05, 4.69) is 35.3 Å². The van der Waals surface area contributed by atoms with E-state index in [1.165, 1.54) is 36.1 Å². The Bertz CT molecular complexity index is 446. The van der Waals surface area contributed by atoms with Gasteiger partial charge in [-0.05, 0) is 56.5 Å². The lowest BCUT2D eigenvalue weighted by Crippen LogP contribution is -2.48. The van der Waals surface area contributed by atoms with Gasteiger partial charge in [0, 0.05) is 18.8 Å².